The minimum absolute atomic E-state index is 0.0484. The fourth-order valence-electron chi connectivity index (χ4n) is 2.85. The van der Waals surface area contributed by atoms with Gasteiger partial charge < -0.3 is 14.6 Å². The molecule has 0 spiro atoms. The highest BCUT2D eigenvalue weighted by Crippen LogP contribution is 2.47. The Hall–Kier alpha value is -3.15. The molecule has 0 radical (unpaired) electrons. The highest BCUT2D eigenvalue weighted by Gasteiger charge is 2.21. The fraction of sp³-hybridized carbons (Fsp3) is 0.211. The number of hydrogen-bond donors (Lipinski definition) is 1. The third-order valence-electron chi connectivity index (χ3n) is 3.81. The quantitative estimate of drug-likeness (QED) is 0.926. The van der Waals surface area contributed by atoms with Crippen LogP contribution in [0.5, 0.6) is 17.2 Å². The molecule has 2 heterocycles. The molecule has 1 aliphatic rings. The second-order valence-electron chi connectivity index (χ2n) is 5.62. The predicted molar refractivity (Wildman–Crippen MR) is 98.9 cm³/mol. The van der Waals surface area contributed by atoms with E-state index in [1.165, 1.54) is 14.2 Å². The Morgan fingerprint density at radius 2 is 1.60 bits per heavy atom. The fourth-order valence-corrected chi connectivity index (χ4v) is 2.85. The molecular weight excluding hydrogens is 318 g/mol. The number of phenolic OH excluding ortho intramolecular Hbond substituents is 1. The van der Waals surface area contributed by atoms with Crippen LogP contribution in [0.25, 0.3) is 17.2 Å². The number of aryl methyl sites for hydroxylation is 2. The van der Waals surface area contributed by atoms with Crippen molar-refractivity contribution >= 4 is 18.5 Å². The van der Waals surface area contributed by atoms with Crippen LogP contribution in [0, 0.1) is 13.8 Å². The number of rotatable bonds is 4. The van der Waals surface area contributed by atoms with Crippen molar-refractivity contribution in [1.29, 1.82) is 0 Å². The maximum absolute atomic E-state index is 10.5. The van der Waals surface area contributed by atoms with E-state index in [0.29, 0.717) is 17.3 Å². The van der Waals surface area contributed by atoms with E-state index in [1.807, 2.05) is 32.1 Å². The molecule has 25 heavy (non-hydrogen) atoms. The maximum atomic E-state index is 10.5. The molecule has 1 N–H and O–H groups in total. The molecule has 3 rings (SSSR count). The molecule has 0 atom stereocenters. The molecule has 0 fully saturated rings. The first kappa shape index (κ1) is 16.7. The zero-order chi connectivity index (χ0) is 18.0. The first-order valence-corrected chi connectivity index (χ1v) is 7.75. The van der Waals surface area contributed by atoms with Crippen molar-refractivity contribution in [2.24, 2.45) is 9.98 Å². The second-order valence-corrected chi connectivity index (χ2v) is 5.62. The van der Waals surface area contributed by atoms with E-state index in [9.17, 15) is 5.11 Å². The lowest BCUT2D eigenvalue weighted by Crippen LogP contribution is -1.97. The van der Waals surface area contributed by atoms with Crippen LogP contribution in [-0.4, -0.2) is 36.7 Å². The van der Waals surface area contributed by atoms with Crippen LogP contribution in [0.2, 0.25) is 0 Å². The summed E-state index contributed by atoms with van der Waals surface area (Å²) in [7, 11) is 3.01. The summed E-state index contributed by atoms with van der Waals surface area (Å²) in [6.45, 7) is 3.85. The summed E-state index contributed by atoms with van der Waals surface area (Å²) in [5, 5.41) is 10.5. The average Bonchev–Trinajstić information content (AvgIpc) is 3.07. The molecule has 2 aromatic rings. The minimum atomic E-state index is -0.0484. The van der Waals surface area contributed by atoms with Crippen LogP contribution in [-0.2, 0) is 0 Å². The summed E-state index contributed by atoms with van der Waals surface area (Å²) in [6, 6.07) is 5.63. The molecule has 1 aromatic carbocycles. The van der Waals surface area contributed by atoms with E-state index < -0.39 is 0 Å². The van der Waals surface area contributed by atoms with Gasteiger partial charge in [0.25, 0.3) is 0 Å². The molecule has 6 heteroatoms. The van der Waals surface area contributed by atoms with Gasteiger partial charge in [0, 0.05) is 29.4 Å². The Morgan fingerprint density at radius 3 is 2.16 bits per heavy atom. The first-order chi connectivity index (χ1) is 12.0. The monoisotopic (exact) mass is 337 g/mol. The van der Waals surface area contributed by atoms with Gasteiger partial charge in [0.05, 0.1) is 14.2 Å². The molecular formula is C19H19N3O3. The van der Waals surface area contributed by atoms with Crippen molar-refractivity contribution in [2.75, 3.05) is 14.2 Å². The highest BCUT2D eigenvalue weighted by atomic mass is 16.5. The number of aromatic nitrogens is 1. The molecule has 0 saturated carbocycles. The Labute approximate surface area is 146 Å². The standard InChI is InChI=1S/C19H19N3O3/c1-11-7-13(8-12(2)22-11)17-14(10-16-20-5-6-21-16)9-15(24-3)18(23)19(17)25-4/h5-10,23H,1-4H3. The van der Waals surface area contributed by atoms with Crippen LogP contribution in [0.4, 0.5) is 0 Å². The van der Waals surface area contributed by atoms with Gasteiger partial charge in [0.1, 0.15) is 0 Å². The topological polar surface area (TPSA) is 76.3 Å². The number of benzene rings is 1. The molecule has 0 unspecified atom stereocenters. The van der Waals surface area contributed by atoms with Gasteiger partial charge in [-0.2, -0.15) is 0 Å². The minimum Gasteiger partial charge on any atom is -0.502 e. The molecule has 6 nitrogen and oxygen atoms in total. The summed E-state index contributed by atoms with van der Waals surface area (Å²) in [6.07, 6.45) is 5.08. The highest BCUT2D eigenvalue weighted by molar-refractivity contribution is 6.18. The molecule has 0 aliphatic carbocycles. The maximum Gasteiger partial charge on any atom is 0.201 e. The third-order valence-corrected chi connectivity index (χ3v) is 3.81. The van der Waals surface area contributed by atoms with Gasteiger partial charge in [0.2, 0.25) is 5.75 Å². The lowest BCUT2D eigenvalue weighted by atomic mass is 9.96. The molecule has 1 aromatic heterocycles. The Balaban J connectivity index is 2.33. The van der Waals surface area contributed by atoms with Crippen molar-refractivity contribution in [3.05, 3.63) is 41.0 Å². The van der Waals surface area contributed by atoms with E-state index in [2.05, 4.69) is 15.0 Å². The van der Waals surface area contributed by atoms with E-state index in [4.69, 9.17) is 9.47 Å². The second kappa shape index (κ2) is 6.76. The third kappa shape index (κ3) is 3.24. The number of aliphatic imine (C=N–C) groups is 2. The zero-order valence-electron chi connectivity index (χ0n) is 14.6. The van der Waals surface area contributed by atoms with Crippen LogP contribution in [0.3, 0.4) is 0 Å². The number of pyridine rings is 1. The SMILES string of the molecule is COc1cc(C=C2N=CC=N2)c(-c2cc(C)nc(C)c2)c(OC)c1O. The van der Waals surface area contributed by atoms with Crippen molar-refractivity contribution < 1.29 is 14.6 Å². The largest absolute Gasteiger partial charge is 0.502 e. The van der Waals surface area contributed by atoms with Gasteiger partial charge in [-0.15, -0.1) is 0 Å². The van der Waals surface area contributed by atoms with E-state index in [0.717, 1.165) is 28.1 Å². The lowest BCUT2D eigenvalue weighted by molar-refractivity contribution is 0.341. The molecule has 128 valence electrons. The van der Waals surface area contributed by atoms with Gasteiger partial charge in [-0.25, -0.2) is 9.98 Å². The lowest BCUT2D eigenvalue weighted by Gasteiger charge is -2.17. The van der Waals surface area contributed by atoms with Gasteiger partial charge in [-0.05, 0) is 49.2 Å². The summed E-state index contributed by atoms with van der Waals surface area (Å²) >= 11 is 0. The molecule has 0 amide bonds. The van der Waals surface area contributed by atoms with Crippen molar-refractivity contribution in [2.45, 2.75) is 13.8 Å². The Morgan fingerprint density at radius 1 is 0.960 bits per heavy atom. The van der Waals surface area contributed by atoms with Gasteiger partial charge in [-0.3, -0.25) is 4.98 Å². The van der Waals surface area contributed by atoms with Crippen molar-refractivity contribution in [1.82, 2.24) is 4.98 Å². The van der Waals surface area contributed by atoms with Gasteiger partial charge >= 0.3 is 0 Å². The number of phenols is 1. The van der Waals surface area contributed by atoms with Crippen molar-refractivity contribution in [3.63, 3.8) is 0 Å². The predicted octanol–water partition coefficient (Wildman–Crippen LogP) is 3.54. The zero-order valence-corrected chi connectivity index (χ0v) is 14.6. The van der Waals surface area contributed by atoms with E-state index >= 15 is 0 Å². The molecule has 0 saturated heterocycles. The number of nitrogens with zero attached hydrogens (tertiary/aromatic N) is 3. The Kier molecular flexibility index (Phi) is 4.52. The van der Waals surface area contributed by atoms with Crippen molar-refractivity contribution in [3.8, 4) is 28.4 Å². The normalized spacial score (nSPS) is 12.6. The molecule has 1 aliphatic heterocycles. The Bertz CT molecular complexity index is 880. The van der Waals surface area contributed by atoms with Crippen LogP contribution in [0.1, 0.15) is 17.0 Å². The summed E-state index contributed by atoms with van der Waals surface area (Å²) in [5.74, 6) is 1.18. The number of methoxy groups -OCH3 is 2. The molecule has 0 bridgehead atoms. The number of hydrogen-bond acceptors (Lipinski definition) is 6. The van der Waals surface area contributed by atoms with E-state index in [1.54, 1.807) is 18.5 Å². The van der Waals surface area contributed by atoms with Gasteiger partial charge in [-0.1, -0.05) is 0 Å². The first-order valence-electron chi connectivity index (χ1n) is 7.75. The summed E-state index contributed by atoms with van der Waals surface area (Å²) < 4.78 is 10.8. The van der Waals surface area contributed by atoms with E-state index in [-0.39, 0.29) is 5.75 Å². The summed E-state index contributed by atoms with van der Waals surface area (Å²) in [5.41, 5.74) is 4.16. The summed E-state index contributed by atoms with van der Waals surface area (Å²) in [4.78, 5) is 12.8. The van der Waals surface area contributed by atoms with Crippen LogP contribution >= 0.6 is 0 Å². The van der Waals surface area contributed by atoms with Crippen LogP contribution in [0.15, 0.2) is 34.0 Å². The van der Waals surface area contributed by atoms with Crippen LogP contribution < -0.4 is 9.47 Å². The smallest absolute Gasteiger partial charge is 0.201 e. The number of aromatic hydroxyl groups is 1. The van der Waals surface area contributed by atoms with Gasteiger partial charge in [0.15, 0.2) is 17.3 Å². The number of ether oxygens (including phenoxy) is 2. The average molecular weight is 337 g/mol.